The second-order valence-corrected chi connectivity index (χ2v) is 8.56. The van der Waals surface area contributed by atoms with Crippen LogP contribution in [0, 0.1) is 5.92 Å². The van der Waals surface area contributed by atoms with Gasteiger partial charge in [0.15, 0.2) is 12.6 Å². The molecule has 0 N–H and O–H groups in total. The molecule has 1 rings (SSSR count). The molecule has 1 aromatic carbocycles. The summed E-state index contributed by atoms with van der Waals surface area (Å²) in [6.45, 7) is 14.1. The summed E-state index contributed by atoms with van der Waals surface area (Å²) < 4.78 is 15.7. The summed E-state index contributed by atoms with van der Waals surface area (Å²) in [4.78, 5) is 24.7. The average molecular weight is 364 g/mol. The monoisotopic (exact) mass is 364 g/mol. The first-order valence-electron chi connectivity index (χ1n) is 8.77. The molecule has 0 bridgehead atoms. The van der Waals surface area contributed by atoms with E-state index in [9.17, 15) is 9.59 Å². The van der Waals surface area contributed by atoms with Gasteiger partial charge in [-0.2, -0.15) is 0 Å². The van der Waals surface area contributed by atoms with Gasteiger partial charge in [-0.3, -0.25) is 9.59 Å². The van der Waals surface area contributed by atoms with Gasteiger partial charge < -0.3 is 14.2 Å². The number of hydrogen-bond donors (Lipinski definition) is 0. The zero-order valence-electron chi connectivity index (χ0n) is 17.5. The maximum atomic E-state index is 12.9. The first kappa shape index (κ1) is 22.2. The number of carbonyl (C=O) groups excluding carboxylic acids is 2. The van der Waals surface area contributed by atoms with Crippen molar-refractivity contribution in [2.75, 3.05) is 21.0 Å². The van der Waals surface area contributed by atoms with Crippen molar-refractivity contribution in [3.05, 3.63) is 28.8 Å². The summed E-state index contributed by atoms with van der Waals surface area (Å²) in [6.07, 6.45) is 0. The Balaban J connectivity index is 3.66. The van der Waals surface area contributed by atoms with E-state index in [2.05, 4.69) is 41.5 Å². The number of ether oxygens (including phenoxy) is 3. The normalized spacial score (nSPS) is 13.3. The molecule has 0 amide bonds. The van der Waals surface area contributed by atoms with Gasteiger partial charge in [0, 0.05) is 23.8 Å². The van der Waals surface area contributed by atoms with Crippen molar-refractivity contribution in [1.82, 2.24) is 0 Å². The third kappa shape index (κ3) is 5.07. The van der Waals surface area contributed by atoms with Crippen molar-refractivity contribution in [2.24, 2.45) is 5.92 Å². The van der Waals surface area contributed by atoms with Crippen LogP contribution in [0.1, 0.15) is 70.0 Å². The van der Waals surface area contributed by atoms with Crippen molar-refractivity contribution >= 4 is 11.8 Å². The highest BCUT2D eigenvalue weighted by Crippen LogP contribution is 2.41. The number of hydrogen-bond acceptors (Lipinski definition) is 5. The van der Waals surface area contributed by atoms with Crippen LogP contribution in [0.15, 0.2) is 12.1 Å². The molecule has 0 spiro atoms. The number of esters is 1. The molecule has 0 aliphatic rings. The molecule has 5 nitrogen and oxygen atoms in total. The predicted octanol–water partition coefficient (Wildman–Crippen LogP) is 4.26. The number of carbonyl (C=O) groups is 2. The number of ketones is 1. The summed E-state index contributed by atoms with van der Waals surface area (Å²) in [5, 5.41) is 0. The molecule has 0 aromatic heterocycles. The van der Waals surface area contributed by atoms with Gasteiger partial charge in [0.1, 0.15) is 11.7 Å². The second kappa shape index (κ2) is 8.21. The van der Waals surface area contributed by atoms with Crippen LogP contribution >= 0.6 is 0 Å². The molecule has 0 aliphatic heterocycles. The molecule has 26 heavy (non-hydrogen) atoms. The fourth-order valence-electron chi connectivity index (χ4n) is 2.69. The largest absolute Gasteiger partial charge is 0.468 e. The van der Waals surface area contributed by atoms with E-state index in [0.29, 0.717) is 5.56 Å². The number of rotatable bonds is 6. The SMILES string of the molecule is COCOc1c(C(C)(C)C)cc(C(=O)C(C)C(=O)OC)cc1C(C)(C)C. The van der Waals surface area contributed by atoms with E-state index < -0.39 is 11.9 Å². The van der Waals surface area contributed by atoms with Crippen molar-refractivity contribution in [3.8, 4) is 5.75 Å². The molecule has 0 aliphatic carbocycles. The van der Waals surface area contributed by atoms with Gasteiger partial charge in [0.2, 0.25) is 0 Å². The van der Waals surface area contributed by atoms with Crippen LogP contribution in [0.3, 0.4) is 0 Å². The predicted molar refractivity (Wildman–Crippen MR) is 102 cm³/mol. The Morgan fingerprint density at radius 2 is 1.42 bits per heavy atom. The lowest BCUT2D eigenvalue weighted by Gasteiger charge is -2.30. The Morgan fingerprint density at radius 3 is 1.77 bits per heavy atom. The lowest BCUT2D eigenvalue weighted by Crippen LogP contribution is -2.25. The minimum atomic E-state index is -0.855. The highest BCUT2D eigenvalue weighted by Gasteiger charge is 2.31. The summed E-state index contributed by atoms with van der Waals surface area (Å²) in [7, 11) is 2.86. The molecule has 0 saturated heterocycles. The highest BCUT2D eigenvalue weighted by molar-refractivity contribution is 6.08. The number of benzene rings is 1. The van der Waals surface area contributed by atoms with E-state index in [4.69, 9.17) is 14.2 Å². The van der Waals surface area contributed by atoms with Gasteiger partial charge in [0.25, 0.3) is 0 Å². The van der Waals surface area contributed by atoms with Crippen LogP contribution in [0.25, 0.3) is 0 Å². The zero-order chi connectivity index (χ0) is 20.3. The van der Waals surface area contributed by atoms with Crippen molar-refractivity contribution in [2.45, 2.75) is 59.3 Å². The van der Waals surface area contributed by atoms with Crippen molar-refractivity contribution in [3.63, 3.8) is 0 Å². The number of Topliss-reactive ketones (excluding diaryl/α,β-unsaturated/α-hetero) is 1. The smallest absolute Gasteiger partial charge is 0.316 e. The summed E-state index contributed by atoms with van der Waals surface area (Å²) in [5.74, 6) is -0.920. The number of methoxy groups -OCH3 is 2. The quantitative estimate of drug-likeness (QED) is 0.327. The van der Waals surface area contributed by atoms with Gasteiger partial charge in [-0.05, 0) is 29.9 Å². The van der Waals surface area contributed by atoms with Crippen molar-refractivity contribution < 1.29 is 23.8 Å². The Hall–Kier alpha value is -1.88. The lowest BCUT2D eigenvalue weighted by molar-refractivity contribution is -0.143. The minimum Gasteiger partial charge on any atom is -0.468 e. The van der Waals surface area contributed by atoms with Gasteiger partial charge in [0.05, 0.1) is 7.11 Å². The Morgan fingerprint density at radius 1 is 0.962 bits per heavy atom. The van der Waals surface area contributed by atoms with Crippen LogP contribution in [-0.2, 0) is 25.1 Å². The van der Waals surface area contributed by atoms with E-state index in [0.717, 1.165) is 16.9 Å². The third-order valence-electron chi connectivity index (χ3n) is 4.26. The molecule has 1 unspecified atom stereocenters. The summed E-state index contributed by atoms with van der Waals surface area (Å²) in [5.41, 5.74) is 1.79. The van der Waals surface area contributed by atoms with E-state index >= 15 is 0 Å². The lowest BCUT2D eigenvalue weighted by atomic mass is 9.77. The van der Waals surface area contributed by atoms with Gasteiger partial charge in [-0.15, -0.1) is 0 Å². The third-order valence-corrected chi connectivity index (χ3v) is 4.26. The fraction of sp³-hybridized carbons (Fsp3) is 0.619. The first-order chi connectivity index (χ1) is 11.8. The maximum Gasteiger partial charge on any atom is 0.316 e. The van der Waals surface area contributed by atoms with E-state index in [1.165, 1.54) is 7.11 Å². The zero-order valence-corrected chi connectivity index (χ0v) is 17.5. The van der Waals surface area contributed by atoms with E-state index in [1.807, 2.05) is 12.1 Å². The fourth-order valence-corrected chi connectivity index (χ4v) is 2.69. The van der Waals surface area contributed by atoms with Crippen LogP contribution in [0.5, 0.6) is 5.75 Å². The summed E-state index contributed by atoms with van der Waals surface area (Å²) in [6, 6.07) is 3.64. The van der Waals surface area contributed by atoms with Crippen LogP contribution in [0.2, 0.25) is 0 Å². The molecular formula is C21H32O5. The van der Waals surface area contributed by atoms with Gasteiger partial charge >= 0.3 is 5.97 Å². The van der Waals surface area contributed by atoms with Crippen LogP contribution in [-0.4, -0.2) is 32.8 Å². The van der Waals surface area contributed by atoms with Crippen LogP contribution in [0.4, 0.5) is 0 Å². The average Bonchev–Trinajstić information content (AvgIpc) is 2.55. The van der Waals surface area contributed by atoms with E-state index in [1.54, 1.807) is 14.0 Å². The van der Waals surface area contributed by atoms with Crippen LogP contribution < -0.4 is 4.74 Å². The molecule has 0 radical (unpaired) electrons. The Labute approximate surface area is 157 Å². The van der Waals surface area contributed by atoms with E-state index in [-0.39, 0.29) is 23.4 Å². The van der Waals surface area contributed by atoms with Gasteiger partial charge in [-0.25, -0.2) is 0 Å². The van der Waals surface area contributed by atoms with Crippen molar-refractivity contribution in [1.29, 1.82) is 0 Å². The minimum absolute atomic E-state index is 0.123. The molecule has 0 heterocycles. The highest BCUT2D eigenvalue weighted by atomic mass is 16.7. The van der Waals surface area contributed by atoms with Gasteiger partial charge in [-0.1, -0.05) is 41.5 Å². The standard InChI is InChI=1S/C21H32O5/c1-13(19(23)25-9)17(22)14-10-15(20(2,3)4)18(26-12-24-8)16(11-14)21(5,6)7/h10-11,13H,12H2,1-9H3. The molecule has 5 heteroatoms. The molecule has 1 aromatic rings. The second-order valence-electron chi connectivity index (χ2n) is 8.56. The Kier molecular flexibility index (Phi) is 7.00. The molecule has 1 atom stereocenters. The Bertz CT molecular complexity index is 627. The molecular weight excluding hydrogens is 332 g/mol. The molecule has 0 fully saturated rings. The summed E-state index contributed by atoms with van der Waals surface area (Å²) >= 11 is 0. The molecule has 0 saturated carbocycles. The first-order valence-corrected chi connectivity index (χ1v) is 8.77. The maximum absolute atomic E-state index is 12.9. The molecule has 146 valence electrons. The topological polar surface area (TPSA) is 61.8 Å².